The number of aromatic nitrogens is 2. The summed E-state index contributed by atoms with van der Waals surface area (Å²) >= 11 is 6.27. The third-order valence-corrected chi connectivity index (χ3v) is 7.87. The Morgan fingerprint density at radius 1 is 1.05 bits per heavy atom. The maximum absolute atomic E-state index is 14.3. The van der Waals surface area contributed by atoms with E-state index in [1.807, 2.05) is 30.3 Å². The van der Waals surface area contributed by atoms with E-state index in [2.05, 4.69) is 10.3 Å². The first-order valence-corrected chi connectivity index (χ1v) is 13.2. The van der Waals surface area contributed by atoms with E-state index in [0.29, 0.717) is 22.7 Å². The number of ether oxygens (including phenoxy) is 1. The number of amides is 3. The number of fused-ring (bicyclic) bond motifs is 3. The summed E-state index contributed by atoms with van der Waals surface area (Å²) in [4.78, 5) is 68.4. The Hall–Kier alpha value is -4.90. The third-order valence-electron chi connectivity index (χ3n) is 7.63. The van der Waals surface area contributed by atoms with E-state index in [4.69, 9.17) is 22.1 Å². The third kappa shape index (κ3) is 4.63. The van der Waals surface area contributed by atoms with Crippen molar-refractivity contribution in [1.82, 2.24) is 14.5 Å². The number of H-pyrrole nitrogens is 1. The fourth-order valence-corrected chi connectivity index (χ4v) is 5.88. The van der Waals surface area contributed by atoms with Gasteiger partial charge in [0.15, 0.2) is 5.60 Å². The van der Waals surface area contributed by atoms with Crippen molar-refractivity contribution < 1.29 is 19.1 Å². The largest absolute Gasteiger partial charge is 0.436 e. The molecule has 41 heavy (non-hydrogen) atoms. The van der Waals surface area contributed by atoms with Gasteiger partial charge in [-0.3, -0.25) is 29.3 Å². The van der Waals surface area contributed by atoms with Crippen LogP contribution in [0.1, 0.15) is 33.9 Å². The highest BCUT2D eigenvalue weighted by atomic mass is 35.5. The molecule has 0 aliphatic carbocycles. The number of nitrogens with two attached hydrogens (primary N) is 1. The van der Waals surface area contributed by atoms with Gasteiger partial charge in [-0.2, -0.15) is 0 Å². The maximum Gasteiger partial charge on any atom is 0.412 e. The second-order valence-corrected chi connectivity index (χ2v) is 10.6. The minimum absolute atomic E-state index is 0.0414. The number of benzene rings is 3. The van der Waals surface area contributed by atoms with Crippen molar-refractivity contribution >= 4 is 46.1 Å². The zero-order valence-electron chi connectivity index (χ0n) is 21.6. The summed E-state index contributed by atoms with van der Waals surface area (Å²) in [5.74, 6) is -1.14. The lowest BCUT2D eigenvalue weighted by Crippen LogP contribution is -2.46. The maximum atomic E-state index is 14.3. The van der Waals surface area contributed by atoms with Crippen molar-refractivity contribution in [3.63, 3.8) is 0 Å². The zero-order chi connectivity index (χ0) is 28.9. The lowest BCUT2D eigenvalue weighted by Gasteiger charge is -2.36. The molecule has 4 aromatic rings. The summed E-state index contributed by atoms with van der Waals surface area (Å²) in [6.45, 7) is 0.283. The van der Waals surface area contributed by atoms with E-state index in [0.717, 1.165) is 5.56 Å². The molecule has 3 aromatic carbocycles. The van der Waals surface area contributed by atoms with Crippen molar-refractivity contribution in [2.75, 3.05) is 18.4 Å². The zero-order valence-corrected chi connectivity index (χ0v) is 22.3. The Morgan fingerprint density at radius 3 is 2.59 bits per heavy atom. The molecule has 3 amide bonds. The molecular weight excluding hydrogens is 550 g/mol. The van der Waals surface area contributed by atoms with Gasteiger partial charge in [0.1, 0.15) is 6.04 Å². The fraction of sp³-hybridized carbons (Fsp3) is 0.207. The summed E-state index contributed by atoms with van der Waals surface area (Å²) in [5.41, 5.74) is 5.07. The van der Waals surface area contributed by atoms with Crippen molar-refractivity contribution in [2.45, 2.75) is 24.5 Å². The normalized spacial score (nSPS) is 18.6. The standard InChI is InChI=1S/C29H24ClN5O6/c30-18-7-8-21-20(14-18)29(41-28(40)32-21)10-11-34(15-29)26(38)23(12-16-4-2-1-3-5-16)35-22-9-6-17(24(31)36)13-19(22)25(37)33-27(35)39/h1-9,13-14,23H,10-12,15H2,(H2,31,36)(H,32,40)(H,33,37,39)/t23-,29-/m0/s1. The second kappa shape index (κ2) is 9.93. The van der Waals surface area contributed by atoms with E-state index in [9.17, 15) is 24.0 Å². The monoisotopic (exact) mass is 573 g/mol. The summed E-state index contributed by atoms with van der Waals surface area (Å²) in [6.07, 6.45) is -0.185. The van der Waals surface area contributed by atoms with Gasteiger partial charge in [0.2, 0.25) is 11.8 Å². The van der Waals surface area contributed by atoms with Crippen LogP contribution in [0.2, 0.25) is 5.02 Å². The number of primary amides is 1. The van der Waals surface area contributed by atoms with Gasteiger partial charge in [0, 0.05) is 35.5 Å². The van der Waals surface area contributed by atoms with Gasteiger partial charge < -0.3 is 15.4 Å². The van der Waals surface area contributed by atoms with Crippen LogP contribution in [-0.2, 0) is 21.6 Å². The summed E-state index contributed by atoms with van der Waals surface area (Å²) in [7, 11) is 0. The number of hydrogen-bond donors (Lipinski definition) is 3. The van der Waals surface area contributed by atoms with Crippen molar-refractivity contribution in [2.24, 2.45) is 5.73 Å². The van der Waals surface area contributed by atoms with Crippen LogP contribution in [0, 0.1) is 0 Å². The lowest BCUT2D eigenvalue weighted by molar-refractivity contribution is -0.134. The average Bonchev–Trinajstić information content (AvgIpc) is 3.37. The van der Waals surface area contributed by atoms with Gasteiger partial charge >= 0.3 is 11.8 Å². The molecule has 11 nitrogen and oxygen atoms in total. The van der Waals surface area contributed by atoms with E-state index in [-0.39, 0.29) is 36.0 Å². The highest BCUT2D eigenvalue weighted by Crippen LogP contribution is 2.44. The van der Waals surface area contributed by atoms with Crippen LogP contribution in [0.4, 0.5) is 10.5 Å². The molecule has 208 valence electrons. The number of nitrogens with one attached hydrogen (secondary N) is 2. The van der Waals surface area contributed by atoms with Crippen LogP contribution < -0.4 is 22.3 Å². The van der Waals surface area contributed by atoms with Gasteiger partial charge in [-0.1, -0.05) is 41.9 Å². The molecule has 3 heterocycles. The van der Waals surface area contributed by atoms with Gasteiger partial charge in [-0.05, 0) is 42.0 Å². The first-order valence-electron chi connectivity index (χ1n) is 12.9. The molecule has 6 rings (SSSR count). The molecule has 12 heteroatoms. The molecule has 1 spiro atoms. The number of likely N-dealkylation sites (tertiary alicyclic amines) is 1. The number of rotatable bonds is 5. The van der Waals surface area contributed by atoms with Crippen LogP contribution in [0.5, 0.6) is 0 Å². The van der Waals surface area contributed by atoms with Gasteiger partial charge in [-0.15, -0.1) is 0 Å². The minimum Gasteiger partial charge on any atom is -0.436 e. The van der Waals surface area contributed by atoms with E-state index in [1.165, 1.54) is 22.8 Å². The highest BCUT2D eigenvalue weighted by molar-refractivity contribution is 6.30. The predicted octanol–water partition coefficient (Wildman–Crippen LogP) is 2.92. The van der Waals surface area contributed by atoms with Crippen molar-refractivity contribution in [3.05, 3.63) is 109 Å². The van der Waals surface area contributed by atoms with Crippen LogP contribution in [0.25, 0.3) is 10.9 Å². The molecule has 1 saturated heterocycles. The Bertz CT molecular complexity index is 1850. The van der Waals surface area contributed by atoms with Crippen LogP contribution in [0.3, 0.4) is 0 Å². The number of halogens is 1. The predicted molar refractivity (Wildman–Crippen MR) is 151 cm³/mol. The number of carbonyl (C=O) groups is 3. The number of carbonyl (C=O) groups excluding carboxylic acids is 3. The molecule has 1 aromatic heterocycles. The first-order chi connectivity index (χ1) is 19.6. The van der Waals surface area contributed by atoms with Gasteiger partial charge in [0.05, 0.1) is 23.1 Å². The number of aromatic amines is 1. The molecule has 0 bridgehead atoms. The molecule has 2 aliphatic heterocycles. The molecule has 0 saturated carbocycles. The highest BCUT2D eigenvalue weighted by Gasteiger charge is 2.49. The first kappa shape index (κ1) is 26.3. The average molecular weight is 574 g/mol. The topological polar surface area (TPSA) is 157 Å². The molecule has 2 aliphatic rings. The Balaban J connectivity index is 1.45. The Labute approximate surface area is 237 Å². The van der Waals surface area contributed by atoms with Crippen molar-refractivity contribution in [1.29, 1.82) is 0 Å². The molecule has 1 fully saturated rings. The van der Waals surface area contributed by atoms with Crippen molar-refractivity contribution in [3.8, 4) is 0 Å². The molecule has 2 atom stereocenters. The molecule has 4 N–H and O–H groups in total. The smallest absolute Gasteiger partial charge is 0.412 e. The fourth-order valence-electron chi connectivity index (χ4n) is 5.71. The molecule has 0 radical (unpaired) electrons. The lowest BCUT2D eigenvalue weighted by atomic mass is 9.90. The van der Waals surface area contributed by atoms with E-state index >= 15 is 0 Å². The van der Waals surface area contributed by atoms with Gasteiger partial charge in [0.25, 0.3) is 5.56 Å². The molecule has 0 unspecified atom stereocenters. The molecular formula is C29H24ClN5O6. The Kier molecular flexibility index (Phi) is 6.38. The number of hydrogen-bond acceptors (Lipinski definition) is 6. The van der Waals surface area contributed by atoms with Crippen LogP contribution in [0.15, 0.2) is 76.3 Å². The second-order valence-electron chi connectivity index (χ2n) is 10.1. The van der Waals surface area contributed by atoms with E-state index < -0.39 is 40.8 Å². The quantitative estimate of drug-likeness (QED) is 0.333. The summed E-state index contributed by atoms with van der Waals surface area (Å²) in [5, 5.41) is 3.17. The SMILES string of the molecule is NC(=O)c1ccc2c(c1)c(=O)[nH]c(=O)n2[C@@H](Cc1ccccc1)C(=O)N1CC[C@@]2(C1)OC(=O)Nc1ccc(Cl)cc12. The Morgan fingerprint density at radius 2 is 1.83 bits per heavy atom. The van der Waals surface area contributed by atoms with Gasteiger partial charge in [-0.25, -0.2) is 9.59 Å². The summed E-state index contributed by atoms with van der Waals surface area (Å²) < 4.78 is 7.02. The van der Waals surface area contributed by atoms with E-state index in [1.54, 1.807) is 23.1 Å². The van der Waals surface area contributed by atoms with Crippen LogP contribution in [-0.4, -0.2) is 45.4 Å². The number of nitrogens with zero attached hydrogens (tertiary/aromatic N) is 2. The minimum atomic E-state index is -1.12. The van der Waals surface area contributed by atoms with Crippen LogP contribution >= 0.6 is 11.6 Å². The number of anilines is 1. The summed E-state index contributed by atoms with van der Waals surface area (Å²) in [6, 6.07) is 17.3.